The van der Waals surface area contributed by atoms with Gasteiger partial charge in [0.25, 0.3) is 0 Å². The SMILES string of the molecule is Cc1ccccc1[C@@H]1CCC[C@@H](O)C1=O. The number of benzene rings is 1. The van der Waals surface area contributed by atoms with E-state index >= 15 is 0 Å². The summed E-state index contributed by atoms with van der Waals surface area (Å²) in [5.74, 6) is -0.0921. The van der Waals surface area contributed by atoms with Crippen molar-refractivity contribution in [3.63, 3.8) is 0 Å². The fraction of sp³-hybridized carbons (Fsp3) is 0.462. The molecule has 0 heterocycles. The number of hydrogen-bond acceptors (Lipinski definition) is 2. The smallest absolute Gasteiger partial charge is 0.168 e. The third kappa shape index (κ3) is 1.95. The minimum absolute atomic E-state index is 0.00412. The van der Waals surface area contributed by atoms with E-state index in [0.29, 0.717) is 6.42 Å². The van der Waals surface area contributed by atoms with Crippen LogP contribution in [0.15, 0.2) is 24.3 Å². The lowest BCUT2D eigenvalue weighted by Gasteiger charge is -2.25. The lowest BCUT2D eigenvalue weighted by molar-refractivity contribution is -0.131. The first-order valence-electron chi connectivity index (χ1n) is 5.47. The summed E-state index contributed by atoms with van der Waals surface area (Å²) in [6, 6.07) is 7.94. The molecule has 0 bridgehead atoms. The molecule has 0 saturated heterocycles. The molecule has 1 fully saturated rings. The van der Waals surface area contributed by atoms with E-state index < -0.39 is 6.10 Å². The van der Waals surface area contributed by atoms with Crippen molar-refractivity contribution in [1.82, 2.24) is 0 Å². The molecule has 2 atom stereocenters. The normalized spacial score (nSPS) is 26.7. The van der Waals surface area contributed by atoms with Crippen LogP contribution in [0.2, 0.25) is 0 Å². The molecule has 0 amide bonds. The van der Waals surface area contributed by atoms with Gasteiger partial charge in [-0.2, -0.15) is 0 Å². The molecule has 2 rings (SSSR count). The second-order valence-corrected chi connectivity index (χ2v) is 4.26. The van der Waals surface area contributed by atoms with E-state index in [0.717, 1.165) is 24.0 Å². The first-order chi connectivity index (χ1) is 7.20. The topological polar surface area (TPSA) is 37.3 Å². The Kier molecular flexibility index (Phi) is 2.87. The molecule has 1 aromatic rings. The van der Waals surface area contributed by atoms with Gasteiger partial charge in [0.2, 0.25) is 0 Å². The Bertz CT molecular complexity index is 371. The average Bonchev–Trinajstić information content (AvgIpc) is 2.23. The summed E-state index contributed by atoms with van der Waals surface area (Å²) in [5.41, 5.74) is 2.23. The molecule has 2 heteroatoms. The van der Waals surface area contributed by atoms with Gasteiger partial charge in [0.1, 0.15) is 6.10 Å². The number of carbonyl (C=O) groups is 1. The molecule has 1 aliphatic rings. The van der Waals surface area contributed by atoms with Gasteiger partial charge < -0.3 is 5.11 Å². The van der Waals surface area contributed by atoms with Crippen molar-refractivity contribution in [1.29, 1.82) is 0 Å². The van der Waals surface area contributed by atoms with Crippen LogP contribution in [0, 0.1) is 6.92 Å². The average molecular weight is 204 g/mol. The van der Waals surface area contributed by atoms with Crippen LogP contribution >= 0.6 is 0 Å². The zero-order chi connectivity index (χ0) is 10.8. The van der Waals surface area contributed by atoms with Gasteiger partial charge in [0.15, 0.2) is 5.78 Å². The number of ketones is 1. The molecule has 0 unspecified atom stereocenters. The standard InChI is InChI=1S/C13H16O2/c1-9-5-2-3-6-10(9)11-7-4-8-12(14)13(11)15/h2-3,5-6,11-12,14H,4,7-8H2,1H3/t11-,12+/m0/s1. The van der Waals surface area contributed by atoms with Crippen LogP contribution in [0.4, 0.5) is 0 Å². The molecular weight excluding hydrogens is 188 g/mol. The Labute approximate surface area is 89.9 Å². The van der Waals surface area contributed by atoms with Gasteiger partial charge in [-0.3, -0.25) is 4.79 Å². The Hall–Kier alpha value is -1.15. The number of Topliss-reactive ketones (excluding diaryl/α,β-unsaturated/α-hetero) is 1. The largest absolute Gasteiger partial charge is 0.385 e. The maximum Gasteiger partial charge on any atom is 0.168 e. The predicted octanol–water partition coefficient (Wildman–Crippen LogP) is 2.19. The minimum atomic E-state index is -0.747. The Morgan fingerprint density at radius 3 is 2.73 bits per heavy atom. The molecule has 2 nitrogen and oxygen atoms in total. The molecule has 15 heavy (non-hydrogen) atoms. The van der Waals surface area contributed by atoms with Crippen LogP contribution < -0.4 is 0 Å². The first kappa shape index (κ1) is 10.4. The van der Waals surface area contributed by atoms with Gasteiger partial charge in [0, 0.05) is 5.92 Å². The van der Waals surface area contributed by atoms with Gasteiger partial charge in [-0.05, 0) is 37.3 Å². The quantitative estimate of drug-likeness (QED) is 0.761. The molecule has 0 radical (unpaired) electrons. The van der Waals surface area contributed by atoms with E-state index in [2.05, 4.69) is 0 Å². The highest BCUT2D eigenvalue weighted by atomic mass is 16.3. The van der Waals surface area contributed by atoms with Crippen LogP contribution in [-0.2, 0) is 4.79 Å². The summed E-state index contributed by atoms with van der Waals surface area (Å²) >= 11 is 0. The lowest BCUT2D eigenvalue weighted by Crippen LogP contribution is -2.31. The summed E-state index contributed by atoms with van der Waals surface area (Å²) in [4.78, 5) is 11.8. The van der Waals surface area contributed by atoms with Crippen molar-refractivity contribution < 1.29 is 9.90 Å². The lowest BCUT2D eigenvalue weighted by atomic mass is 9.80. The minimum Gasteiger partial charge on any atom is -0.385 e. The zero-order valence-electron chi connectivity index (χ0n) is 8.94. The predicted molar refractivity (Wildman–Crippen MR) is 58.8 cm³/mol. The molecule has 0 aromatic heterocycles. The molecule has 0 spiro atoms. The van der Waals surface area contributed by atoms with Crippen molar-refractivity contribution in [2.75, 3.05) is 0 Å². The van der Waals surface area contributed by atoms with Crippen LogP contribution in [-0.4, -0.2) is 17.0 Å². The number of hydrogen-bond donors (Lipinski definition) is 1. The highest BCUT2D eigenvalue weighted by Gasteiger charge is 2.31. The van der Waals surface area contributed by atoms with Gasteiger partial charge in [-0.1, -0.05) is 24.3 Å². The maximum atomic E-state index is 11.8. The summed E-state index contributed by atoms with van der Waals surface area (Å²) in [6.07, 6.45) is 1.69. The molecule has 1 aromatic carbocycles. The summed E-state index contributed by atoms with van der Waals surface area (Å²) < 4.78 is 0. The second kappa shape index (κ2) is 4.15. The fourth-order valence-electron chi connectivity index (χ4n) is 2.32. The molecule has 1 saturated carbocycles. The van der Waals surface area contributed by atoms with Crippen LogP contribution in [0.1, 0.15) is 36.3 Å². The highest BCUT2D eigenvalue weighted by molar-refractivity contribution is 5.90. The van der Waals surface area contributed by atoms with Crippen molar-refractivity contribution in [3.8, 4) is 0 Å². The third-order valence-electron chi connectivity index (χ3n) is 3.21. The van der Waals surface area contributed by atoms with Gasteiger partial charge in [-0.25, -0.2) is 0 Å². The van der Waals surface area contributed by atoms with Crippen LogP contribution in [0.3, 0.4) is 0 Å². The zero-order valence-corrected chi connectivity index (χ0v) is 8.94. The molecule has 1 N–H and O–H groups in total. The number of aliphatic hydroxyl groups excluding tert-OH is 1. The molecule has 1 aliphatic carbocycles. The molecule has 0 aliphatic heterocycles. The highest BCUT2D eigenvalue weighted by Crippen LogP contribution is 2.31. The number of carbonyl (C=O) groups excluding carboxylic acids is 1. The fourth-order valence-corrected chi connectivity index (χ4v) is 2.32. The number of rotatable bonds is 1. The Morgan fingerprint density at radius 2 is 2.00 bits per heavy atom. The van der Waals surface area contributed by atoms with E-state index in [4.69, 9.17) is 0 Å². The van der Waals surface area contributed by atoms with E-state index in [-0.39, 0.29) is 11.7 Å². The van der Waals surface area contributed by atoms with Crippen molar-refractivity contribution in [2.24, 2.45) is 0 Å². The van der Waals surface area contributed by atoms with E-state index in [9.17, 15) is 9.90 Å². The van der Waals surface area contributed by atoms with Crippen molar-refractivity contribution in [3.05, 3.63) is 35.4 Å². The molecule has 80 valence electrons. The van der Waals surface area contributed by atoms with E-state index in [1.807, 2.05) is 31.2 Å². The Morgan fingerprint density at radius 1 is 1.27 bits per heavy atom. The molecular formula is C13H16O2. The summed E-state index contributed by atoms with van der Waals surface area (Å²) in [7, 11) is 0. The van der Waals surface area contributed by atoms with E-state index in [1.54, 1.807) is 0 Å². The Balaban J connectivity index is 2.30. The second-order valence-electron chi connectivity index (χ2n) is 4.26. The van der Waals surface area contributed by atoms with Gasteiger partial charge >= 0.3 is 0 Å². The van der Waals surface area contributed by atoms with Crippen LogP contribution in [0.5, 0.6) is 0 Å². The monoisotopic (exact) mass is 204 g/mol. The van der Waals surface area contributed by atoms with E-state index in [1.165, 1.54) is 0 Å². The van der Waals surface area contributed by atoms with Gasteiger partial charge in [0.05, 0.1) is 0 Å². The third-order valence-corrected chi connectivity index (χ3v) is 3.21. The number of aliphatic hydroxyl groups is 1. The van der Waals surface area contributed by atoms with Crippen molar-refractivity contribution >= 4 is 5.78 Å². The summed E-state index contributed by atoms with van der Waals surface area (Å²) in [5, 5.41) is 9.55. The maximum absolute atomic E-state index is 11.8. The number of aryl methyl sites for hydroxylation is 1. The van der Waals surface area contributed by atoms with Crippen molar-refractivity contribution in [2.45, 2.75) is 38.2 Å². The first-order valence-corrected chi connectivity index (χ1v) is 5.47. The summed E-state index contributed by atoms with van der Waals surface area (Å²) in [6.45, 7) is 2.02. The van der Waals surface area contributed by atoms with Gasteiger partial charge in [-0.15, -0.1) is 0 Å². The van der Waals surface area contributed by atoms with Crippen LogP contribution in [0.25, 0.3) is 0 Å².